The minimum atomic E-state index is -0.111. The first kappa shape index (κ1) is 17.5. The zero-order valence-corrected chi connectivity index (χ0v) is 14.6. The molecule has 1 aromatic heterocycles. The first-order valence-corrected chi connectivity index (χ1v) is 7.68. The van der Waals surface area contributed by atoms with E-state index in [1.54, 1.807) is 0 Å². The van der Waals surface area contributed by atoms with E-state index in [0.29, 0.717) is 18.8 Å². The predicted octanol–water partition coefficient (Wildman–Crippen LogP) is 2.33. The molecular weight excluding hydrogens is 312 g/mol. The number of amides is 1. The number of benzene rings is 1. The summed E-state index contributed by atoms with van der Waals surface area (Å²) in [6.45, 7) is 8.43. The first-order valence-electron chi connectivity index (χ1n) is 7.68. The van der Waals surface area contributed by atoms with Gasteiger partial charge in [0.05, 0.1) is 0 Å². The van der Waals surface area contributed by atoms with Crippen molar-refractivity contribution in [3.05, 3.63) is 51.3 Å². The lowest BCUT2D eigenvalue weighted by molar-refractivity contribution is 0.0944. The third-order valence-electron chi connectivity index (χ3n) is 4.29. The summed E-state index contributed by atoms with van der Waals surface area (Å²) in [4.78, 5) is 12.4. The molecule has 0 saturated heterocycles. The maximum Gasteiger partial charge on any atom is 0.272 e. The Bertz CT molecular complexity index is 700. The van der Waals surface area contributed by atoms with Crippen molar-refractivity contribution in [1.29, 1.82) is 0 Å². The largest absolute Gasteiger partial charge is 0.347 e. The van der Waals surface area contributed by atoms with Gasteiger partial charge in [0.15, 0.2) is 5.69 Å². The van der Waals surface area contributed by atoms with Crippen molar-refractivity contribution in [3.63, 3.8) is 0 Å². The van der Waals surface area contributed by atoms with Crippen LogP contribution >= 0.6 is 12.4 Å². The SMILES string of the molecule is Cc1cc(C)c(CNC(=O)c2n[nH]c3c2CNCC3)c(C)c1.Cl. The van der Waals surface area contributed by atoms with Gasteiger partial charge in [0, 0.05) is 37.3 Å². The van der Waals surface area contributed by atoms with Crippen LogP contribution in [0.15, 0.2) is 12.1 Å². The predicted molar refractivity (Wildman–Crippen MR) is 93.1 cm³/mol. The number of aromatic amines is 1. The fourth-order valence-corrected chi connectivity index (χ4v) is 3.15. The molecule has 0 unspecified atom stereocenters. The molecule has 1 aliphatic heterocycles. The molecule has 5 nitrogen and oxygen atoms in total. The highest BCUT2D eigenvalue weighted by atomic mass is 35.5. The highest BCUT2D eigenvalue weighted by Gasteiger charge is 2.21. The monoisotopic (exact) mass is 334 g/mol. The molecule has 1 aliphatic rings. The zero-order chi connectivity index (χ0) is 15.7. The van der Waals surface area contributed by atoms with Gasteiger partial charge in [-0.25, -0.2) is 0 Å². The van der Waals surface area contributed by atoms with Crippen LogP contribution in [0.3, 0.4) is 0 Å². The zero-order valence-electron chi connectivity index (χ0n) is 13.7. The first-order chi connectivity index (χ1) is 10.6. The standard InChI is InChI=1S/C17H22N4O.ClH/c1-10-6-11(2)13(12(3)7-10)9-19-17(22)16-14-8-18-5-4-15(14)20-21-16;/h6-7,18H,4-5,8-9H2,1-3H3,(H,19,22)(H,20,21);1H. The quantitative estimate of drug-likeness (QED) is 0.807. The second-order valence-corrected chi connectivity index (χ2v) is 6.02. The summed E-state index contributed by atoms with van der Waals surface area (Å²) in [6.07, 6.45) is 0.895. The van der Waals surface area contributed by atoms with Gasteiger partial charge in [-0.05, 0) is 37.5 Å². The van der Waals surface area contributed by atoms with Crippen LogP contribution in [0.4, 0.5) is 0 Å². The van der Waals surface area contributed by atoms with Crippen molar-refractivity contribution < 1.29 is 4.79 Å². The van der Waals surface area contributed by atoms with Crippen LogP contribution < -0.4 is 10.6 Å². The van der Waals surface area contributed by atoms with Crippen LogP contribution in [0, 0.1) is 20.8 Å². The van der Waals surface area contributed by atoms with Gasteiger partial charge in [0.1, 0.15) is 0 Å². The van der Waals surface area contributed by atoms with E-state index in [9.17, 15) is 4.79 Å². The van der Waals surface area contributed by atoms with Crippen LogP contribution in [0.5, 0.6) is 0 Å². The van der Waals surface area contributed by atoms with E-state index in [2.05, 4.69) is 53.7 Å². The van der Waals surface area contributed by atoms with Gasteiger partial charge in [-0.1, -0.05) is 17.7 Å². The van der Waals surface area contributed by atoms with Gasteiger partial charge < -0.3 is 10.6 Å². The van der Waals surface area contributed by atoms with E-state index in [0.717, 1.165) is 24.2 Å². The van der Waals surface area contributed by atoms with E-state index < -0.39 is 0 Å². The highest BCUT2D eigenvalue weighted by molar-refractivity contribution is 5.94. The molecule has 1 aromatic carbocycles. The maximum atomic E-state index is 12.4. The summed E-state index contributed by atoms with van der Waals surface area (Å²) in [5.41, 5.74) is 7.45. The Morgan fingerprint density at radius 2 is 1.96 bits per heavy atom. The Labute approximate surface area is 142 Å². The topological polar surface area (TPSA) is 69.8 Å². The molecule has 0 fully saturated rings. The number of hydrogen-bond donors (Lipinski definition) is 3. The van der Waals surface area contributed by atoms with E-state index in [1.165, 1.54) is 22.3 Å². The minimum absolute atomic E-state index is 0. The van der Waals surface area contributed by atoms with Gasteiger partial charge in [-0.15, -0.1) is 12.4 Å². The van der Waals surface area contributed by atoms with E-state index in [4.69, 9.17) is 0 Å². The molecule has 23 heavy (non-hydrogen) atoms. The summed E-state index contributed by atoms with van der Waals surface area (Å²) in [7, 11) is 0. The van der Waals surface area contributed by atoms with Crippen LogP contribution in [-0.4, -0.2) is 22.6 Å². The van der Waals surface area contributed by atoms with Crippen molar-refractivity contribution in [2.24, 2.45) is 0 Å². The lowest BCUT2D eigenvalue weighted by Crippen LogP contribution is -2.28. The molecular formula is C17H23ClN4O. The van der Waals surface area contributed by atoms with E-state index >= 15 is 0 Å². The number of aryl methyl sites for hydroxylation is 3. The molecule has 0 radical (unpaired) electrons. The second kappa shape index (κ2) is 7.15. The number of carbonyl (C=O) groups is 1. The van der Waals surface area contributed by atoms with Crippen molar-refractivity contribution >= 4 is 18.3 Å². The van der Waals surface area contributed by atoms with Crippen molar-refractivity contribution in [2.75, 3.05) is 6.54 Å². The molecule has 3 rings (SSSR count). The average Bonchev–Trinajstić information content (AvgIpc) is 2.90. The third-order valence-corrected chi connectivity index (χ3v) is 4.29. The minimum Gasteiger partial charge on any atom is -0.347 e. The summed E-state index contributed by atoms with van der Waals surface area (Å²) in [5.74, 6) is -0.111. The second-order valence-electron chi connectivity index (χ2n) is 6.02. The van der Waals surface area contributed by atoms with Gasteiger partial charge in [0.2, 0.25) is 0 Å². The van der Waals surface area contributed by atoms with E-state index in [-0.39, 0.29) is 18.3 Å². The molecule has 0 aliphatic carbocycles. The highest BCUT2D eigenvalue weighted by Crippen LogP contribution is 2.18. The Hall–Kier alpha value is -1.85. The summed E-state index contributed by atoms with van der Waals surface area (Å²) in [6, 6.07) is 4.30. The number of rotatable bonds is 3. The van der Waals surface area contributed by atoms with Crippen molar-refractivity contribution in [3.8, 4) is 0 Å². The molecule has 0 spiro atoms. The van der Waals surface area contributed by atoms with E-state index in [1.807, 2.05) is 0 Å². The van der Waals surface area contributed by atoms with Gasteiger partial charge in [0.25, 0.3) is 5.91 Å². The van der Waals surface area contributed by atoms with Gasteiger partial charge in [-0.2, -0.15) is 5.10 Å². The maximum absolute atomic E-state index is 12.4. The van der Waals surface area contributed by atoms with Crippen LogP contribution in [0.2, 0.25) is 0 Å². The molecule has 2 heterocycles. The number of halogens is 1. The number of nitrogens with zero attached hydrogens (tertiary/aromatic N) is 1. The fraction of sp³-hybridized carbons (Fsp3) is 0.412. The third kappa shape index (κ3) is 3.57. The van der Waals surface area contributed by atoms with Crippen LogP contribution in [0.1, 0.15) is 44.0 Å². The number of nitrogens with one attached hydrogen (secondary N) is 3. The fourth-order valence-electron chi connectivity index (χ4n) is 3.15. The summed E-state index contributed by atoms with van der Waals surface area (Å²) < 4.78 is 0. The molecule has 1 amide bonds. The molecule has 0 atom stereocenters. The molecule has 6 heteroatoms. The molecule has 0 saturated carbocycles. The molecule has 2 aromatic rings. The Balaban J connectivity index is 0.00000192. The van der Waals surface area contributed by atoms with Gasteiger partial charge >= 0.3 is 0 Å². The number of aromatic nitrogens is 2. The van der Waals surface area contributed by atoms with Crippen LogP contribution in [0.25, 0.3) is 0 Å². The summed E-state index contributed by atoms with van der Waals surface area (Å²) >= 11 is 0. The van der Waals surface area contributed by atoms with Crippen molar-refractivity contribution in [1.82, 2.24) is 20.8 Å². The normalized spacial score (nSPS) is 13.2. The number of carbonyl (C=O) groups excluding carboxylic acids is 1. The number of fused-ring (bicyclic) bond motifs is 1. The average molecular weight is 335 g/mol. The lowest BCUT2D eigenvalue weighted by Gasteiger charge is -2.14. The number of H-pyrrole nitrogens is 1. The molecule has 3 N–H and O–H groups in total. The molecule has 124 valence electrons. The van der Waals surface area contributed by atoms with Crippen LogP contribution in [-0.2, 0) is 19.5 Å². The Kier molecular flexibility index (Phi) is 5.44. The number of hydrogen-bond acceptors (Lipinski definition) is 3. The van der Waals surface area contributed by atoms with Crippen molar-refractivity contribution in [2.45, 2.75) is 40.3 Å². The lowest BCUT2D eigenvalue weighted by atomic mass is 10.00. The Morgan fingerprint density at radius 3 is 2.65 bits per heavy atom. The molecule has 0 bridgehead atoms. The van der Waals surface area contributed by atoms with Gasteiger partial charge in [-0.3, -0.25) is 9.89 Å². The Morgan fingerprint density at radius 1 is 1.26 bits per heavy atom. The smallest absolute Gasteiger partial charge is 0.272 e. The summed E-state index contributed by atoms with van der Waals surface area (Å²) in [5, 5.41) is 13.5.